The van der Waals surface area contributed by atoms with Gasteiger partial charge in [-0.05, 0) is 44.6 Å². The van der Waals surface area contributed by atoms with Crippen LogP contribution in [-0.4, -0.2) is 41.0 Å². The number of nitrogens with zero attached hydrogens (tertiary/aromatic N) is 1. The number of carbonyl (C=O) groups excluding carboxylic acids is 2. The average Bonchev–Trinajstić information content (AvgIpc) is 3.29. The summed E-state index contributed by atoms with van der Waals surface area (Å²) in [5.41, 5.74) is 2.50. The van der Waals surface area contributed by atoms with Crippen LogP contribution in [0.1, 0.15) is 72.6 Å². The summed E-state index contributed by atoms with van der Waals surface area (Å²) in [5, 5.41) is 0. The molecular formula is C18H28N2O3. The first-order valence-electron chi connectivity index (χ1n) is 8.45. The van der Waals surface area contributed by atoms with Gasteiger partial charge in [0, 0.05) is 17.8 Å². The second kappa shape index (κ2) is 6.77. The number of rotatable bonds is 6. The van der Waals surface area contributed by atoms with Gasteiger partial charge in [0.05, 0.1) is 12.7 Å². The van der Waals surface area contributed by atoms with Crippen LogP contribution >= 0.6 is 0 Å². The van der Waals surface area contributed by atoms with Crippen molar-refractivity contribution >= 4 is 11.9 Å². The molecule has 0 bridgehead atoms. The summed E-state index contributed by atoms with van der Waals surface area (Å²) in [6.07, 6.45) is 2.78. The molecular weight excluding hydrogens is 292 g/mol. The predicted octanol–water partition coefficient (Wildman–Crippen LogP) is 3.32. The van der Waals surface area contributed by atoms with Crippen molar-refractivity contribution in [1.82, 2.24) is 9.88 Å². The number of ether oxygens (including phenoxy) is 1. The van der Waals surface area contributed by atoms with Crippen LogP contribution in [0.3, 0.4) is 0 Å². The number of hydrogen-bond donors (Lipinski definition) is 1. The quantitative estimate of drug-likeness (QED) is 0.818. The highest BCUT2D eigenvalue weighted by Gasteiger charge is 2.38. The molecule has 1 fully saturated rings. The van der Waals surface area contributed by atoms with Gasteiger partial charge >= 0.3 is 5.97 Å². The summed E-state index contributed by atoms with van der Waals surface area (Å²) in [6, 6.07) is 0.499. The average molecular weight is 320 g/mol. The Labute approximate surface area is 138 Å². The molecule has 1 N–H and O–H groups in total. The van der Waals surface area contributed by atoms with E-state index in [1.165, 1.54) is 7.11 Å². The van der Waals surface area contributed by atoms with Gasteiger partial charge in [-0.1, -0.05) is 20.8 Å². The Balaban J connectivity index is 2.42. The molecule has 0 aliphatic heterocycles. The maximum atomic E-state index is 13.1. The number of aromatic amines is 1. The van der Waals surface area contributed by atoms with E-state index in [4.69, 9.17) is 4.74 Å². The maximum absolute atomic E-state index is 13.1. The molecule has 1 atom stereocenters. The summed E-state index contributed by atoms with van der Waals surface area (Å²) in [5.74, 6) is 0.00104. The van der Waals surface area contributed by atoms with Crippen LogP contribution in [0.2, 0.25) is 0 Å². The second-order valence-electron chi connectivity index (χ2n) is 6.75. The van der Waals surface area contributed by atoms with E-state index in [0.29, 0.717) is 35.2 Å². The van der Waals surface area contributed by atoms with Gasteiger partial charge in [0.15, 0.2) is 0 Å². The number of aromatic nitrogens is 1. The van der Waals surface area contributed by atoms with Crippen LogP contribution in [0, 0.1) is 12.8 Å². The lowest BCUT2D eigenvalue weighted by molar-refractivity contribution is 0.0598. The summed E-state index contributed by atoms with van der Waals surface area (Å²) in [7, 11) is 1.37. The number of nitrogens with one attached hydrogen (secondary N) is 1. The summed E-state index contributed by atoms with van der Waals surface area (Å²) < 4.78 is 4.87. The molecule has 1 aromatic heterocycles. The first-order chi connectivity index (χ1) is 10.8. The molecule has 1 aliphatic carbocycles. The van der Waals surface area contributed by atoms with E-state index < -0.39 is 0 Å². The van der Waals surface area contributed by atoms with E-state index in [9.17, 15) is 9.59 Å². The second-order valence-corrected chi connectivity index (χ2v) is 6.75. The van der Waals surface area contributed by atoms with Crippen molar-refractivity contribution in [2.45, 2.75) is 66.0 Å². The summed E-state index contributed by atoms with van der Waals surface area (Å²) in [6.45, 7) is 10.1. The van der Waals surface area contributed by atoms with Crippen molar-refractivity contribution in [3.8, 4) is 0 Å². The molecule has 1 aliphatic rings. The van der Waals surface area contributed by atoms with Gasteiger partial charge in [-0.2, -0.15) is 0 Å². The van der Waals surface area contributed by atoms with Crippen LogP contribution in [0.4, 0.5) is 0 Å². The van der Waals surface area contributed by atoms with Crippen molar-refractivity contribution in [3.63, 3.8) is 0 Å². The SMILES string of the molecule is CCc1[nH]c(C(=O)N(C2CC2)[C@H](C)C(C)C)c(C)c1C(=O)OC. The monoisotopic (exact) mass is 320 g/mol. The van der Waals surface area contributed by atoms with Gasteiger partial charge in [0.1, 0.15) is 5.69 Å². The van der Waals surface area contributed by atoms with Crippen LogP contribution in [0.5, 0.6) is 0 Å². The number of esters is 1. The van der Waals surface area contributed by atoms with E-state index in [1.54, 1.807) is 0 Å². The number of amides is 1. The van der Waals surface area contributed by atoms with E-state index in [0.717, 1.165) is 18.5 Å². The molecule has 2 rings (SSSR count). The van der Waals surface area contributed by atoms with E-state index in [2.05, 4.69) is 25.8 Å². The van der Waals surface area contributed by atoms with E-state index in [-0.39, 0.29) is 17.9 Å². The Kier molecular flexibility index (Phi) is 5.17. The predicted molar refractivity (Wildman–Crippen MR) is 89.7 cm³/mol. The summed E-state index contributed by atoms with van der Waals surface area (Å²) in [4.78, 5) is 30.3. The van der Waals surface area contributed by atoms with Gasteiger partial charge in [-0.15, -0.1) is 0 Å². The number of carbonyl (C=O) groups is 2. The first kappa shape index (κ1) is 17.6. The fraction of sp³-hybridized carbons (Fsp3) is 0.667. The third-order valence-corrected chi connectivity index (χ3v) is 4.86. The number of aryl methyl sites for hydroxylation is 1. The van der Waals surface area contributed by atoms with Crippen LogP contribution < -0.4 is 0 Å². The van der Waals surface area contributed by atoms with Gasteiger partial charge < -0.3 is 14.6 Å². The van der Waals surface area contributed by atoms with Crippen LogP contribution in [0.15, 0.2) is 0 Å². The fourth-order valence-electron chi connectivity index (χ4n) is 3.00. The van der Waals surface area contributed by atoms with Crippen molar-refractivity contribution in [3.05, 3.63) is 22.5 Å². The van der Waals surface area contributed by atoms with E-state index >= 15 is 0 Å². The molecule has 128 valence electrons. The highest BCUT2D eigenvalue weighted by atomic mass is 16.5. The zero-order valence-corrected chi connectivity index (χ0v) is 15.0. The van der Waals surface area contributed by atoms with Gasteiger partial charge in [-0.3, -0.25) is 4.79 Å². The minimum absolute atomic E-state index is 0.00365. The fourth-order valence-corrected chi connectivity index (χ4v) is 3.00. The van der Waals surface area contributed by atoms with Crippen LogP contribution in [0.25, 0.3) is 0 Å². The molecule has 0 saturated heterocycles. The minimum atomic E-state index is -0.385. The zero-order valence-electron chi connectivity index (χ0n) is 15.0. The normalized spacial score (nSPS) is 15.6. The summed E-state index contributed by atoms with van der Waals surface area (Å²) >= 11 is 0. The Bertz CT molecular complexity index is 600. The number of H-pyrrole nitrogens is 1. The molecule has 0 spiro atoms. The molecule has 23 heavy (non-hydrogen) atoms. The lowest BCUT2D eigenvalue weighted by Gasteiger charge is -2.32. The van der Waals surface area contributed by atoms with Crippen molar-refractivity contribution in [2.75, 3.05) is 7.11 Å². The Hall–Kier alpha value is -1.78. The minimum Gasteiger partial charge on any atom is -0.465 e. The highest BCUT2D eigenvalue weighted by molar-refractivity contribution is 6.00. The molecule has 1 heterocycles. The largest absolute Gasteiger partial charge is 0.465 e. The Morgan fingerprint density at radius 1 is 1.30 bits per heavy atom. The molecule has 1 aromatic rings. The number of hydrogen-bond acceptors (Lipinski definition) is 3. The molecule has 0 aromatic carbocycles. The third kappa shape index (κ3) is 3.28. The topological polar surface area (TPSA) is 62.4 Å². The van der Waals surface area contributed by atoms with Gasteiger partial charge in [0.2, 0.25) is 0 Å². The standard InChI is InChI=1S/C18H28N2O3/c1-7-14-15(18(22)23-6)11(4)16(19-14)17(21)20(13-8-9-13)12(5)10(2)3/h10,12-13,19H,7-9H2,1-6H3/t12-/m1/s1. The maximum Gasteiger partial charge on any atom is 0.339 e. The lowest BCUT2D eigenvalue weighted by Crippen LogP contribution is -2.43. The Morgan fingerprint density at radius 2 is 1.91 bits per heavy atom. The molecule has 5 nitrogen and oxygen atoms in total. The smallest absolute Gasteiger partial charge is 0.339 e. The molecule has 0 unspecified atom stereocenters. The molecule has 1 saturated carbocycles. The van der Waals surface area contributed by atoms with Crippen molar-refractivity contribution < 1.29 is 14.3 Å². The van der Waals surface area contributed by atoms with Crippen molar-refractivity contribution in [1.29, 1.82) is 0 Å². The highest BCUT2D eigenvalue weighted by Crippen LogP contribution is 2.33. The molecule has 1 amide bonds. The number of methoxy groups -OCH3 is 1. The lowest BCUT2D eigenvalue weighted by atomic mass is 10.0. The van der Waals surface area contributed by atoms with Gasteiger partial charge in [0.25, 0.3) is 5.91 Å². The molecule has 0 radical (unpaired) electrons. The van der Waals surface area contributed by atoms with Crippen LogP contribution in [-0.2, 0) is 11.2 Å². The third-order valence-electron chi connectivity index (χ3n) is 4.86. The zero-order chi connectivity index (χ0) is 17.3. The van der Waals surface area contributed by atoms with E-state index in [1.807, 2.05) is 18.7 Å². The molecule has 5 heteroatoms. The Morgan fingerprint density at radius 3 is 2.35 bits per heavy atom. The van der Waals surface area contributed by atoms with Crippen molar-refractivity contribution in [2.24, 2.45) is 5.92 Å². The van der Waals surface area contributed by atoms with Gasteiger partial charge in [-0.25, -0.2) is 4.79 Å². The first-order valence-corrected chi connectivity index (χ1v) is 8.45.